The van der Waals surface area contributed by atoms with E-state index in [2.05, 4.69) is 19.1 Å². The van der Waals surface area contributed by atoms with Gasteiger partial charge in [0.1, 0.15) is 0 Å². The fraction of sp³-hybridized carbons (Fsp3) is 0.409. The Labute approximate surface area is 182 Å². The average Bonchev–Trinajstić information content (AvgIpc) is 2.71. The second kappa shape index (κ2) is 11.1. The van der Waals surface area contributed by atoms with E-state index in [4.69, 9.17) is 27.9 Å². The summed E-state index contributed by atoms with van der Waals surface area (Å²) in [6.07, 6.45) is 1.06. The van der Waals surface area contributed by atoms with Crippen LogP contribution in [-0.4, -0.2) is 30.4 Å². The SMILES string of the molecule is CC.COCSc1cccc2c1CCN(C(=O)Cc1c(Cl)cccc1Cl)C2C. The van der Waals surface area contributed by atoms with E-state index in [9.17, 15) is 4.79 Å². The monoisotopic (exact) mass is 439 g/mol. The van der Waals surface area contributed by atoms with Crippen LogP contribution in [0.1, 0.15) is 43.5 Å². The number of fused-ring (bicyclic) bond motifs is 1. The van der Waals surface area contributed by atoms with Gasteiger partial charge in [0, 0.05) is 28.6 Å². The van der Waals surface area contributed by atoms with Crippen LogP contribution in [0.25, 0.3) is 0 Å². The zero-order valence-corrected chi connectivity index (χ0v) is 19.1. The zero-order valence-electron chi connectivity index (χ0n) is 16.8. The van der Waals surface area contributed by atoms with Crippen LogP contribution in [0.4, 0.5) is 0 Å². The number of ether oxygens (including phenoxy) is 1. The van der Waals surface area contributed by atoms with Gasteiger partial charge in [-0.1, -0.05) is 67.0 Å². The van der Waals surface area contributed by atoms with Crippen LogP contribution in [0.5, 0.6) is 0 Å². The number of hydrogen-bond acceptors (Lipinski definition) is 3. The molecular weight excluding hydrogens is 413 g/mol. The maximum atomic E-state index is 12.9. The van der Waals surface area contributed by atoms with Gasteiger partial charge in [-0.25, -0.2) is 0 Å². The van der Waals surface area contributed by atoms with Crippen LogP contribution in [0, 0.1) is 0 Å². The van der Waals surface area contributed by atoms with Crippen molar-refractivity contribution in [2.75, 3.05) is 19.6 Å². The lowest BCUT2D eigenvalue weighted by Gasteiger charge is -2.36. The van der Waals surface area contributed by atoms with Gasteiger partial charge in [-0.2, -0.15) is 0 Å². The summed E-state index contributed by atoms with van der Waals surface area (Å²) in [6.45, 7) is 6.77. The third-order valence-corrected chi connectivity index (χ3v) is 6.49. The first-order chi connectivity index (χ1) is 13.5. The molecule has 0 bridgehead atoms. The highest BCUT2D eigenvalue weighted by atomic mass is 35.5. The number of amides is 1. The van der Waals surface area contributed by atoms with Gasteiger partial charge in [0.05, 0.1) is 18.4 Å². The highest BCUT2D eigenvalue weighted by molar-refractivity contribution is 7.99. The van der Waals surface area contributed by atoms with Gasteiger partial charge in [0.25, 0.3) is 0 Å². The second-order valence-electron chi connectivity index (χ2n) is 6.26. The molecule has 2 aromatic rings. The summed E-state index contributed by atoms with van der Waals surface area (Å²) in [5, 5.41) is 1.07. The van der Waals surface area contributed by atoms with Gasteiger partial charge in [-0.15, -0.1) is 0 Å². The molecule has 0 N–H and O–H groups in total. The van der Waals surface area contributed by atoms with E-state index in [-0.39, 0.29) is 18.4 Å². The molecule has 0 fully saturated rings. The Balaban J connectivity index is 0.00000136. The van der Waals surface area contributed by atoms with E-state index in [1.807, 2.05) is 24.8 Å². The molecule has 3 nitrogen and oxygen atoms in total. The molecule has 0 saturated carbocycles. The standard InChI is InChI=1S/C20H21Cl2NO2S.C2H6/c1-13-14-5-3-8-19(26-12-25-2)15(14)9-10-23(13)20(24)11-16-17(21)6-4-7-18(16)22;1-2/h3-8,13H,9-12H2,1-2H3;1-2H3. The van der Waals surface area contributed by atoms with E-state index < -0.39 is 0 Å². The first kappa shape index (κ1) is 23.1. The van der Waals surface area contributed by atoms with E-state index in [1.165, 1.54) is 16.0 Å². The number of nitrogens with zero attached hydrogens (tertiary/aromatic N) is 1. The van der Waals surface area contributed by atoms with Crippen molar-refractivity contribution in [3.8, 4) is 0 Å². The molecule has 6 heteroatoms. The number of carbonyl (C=O) groups is 1. The van der Waals surface area contributed by atoms with Gasteiger partial charge < -0.3 is 9.64 Å². The molecule has 1 amide bonds. The molecule has 0 aliphatic carbocycles. The molecule has 1 atom stereocenters. The van der Waals surface area contributed by atoms with Crippen LogP contribution in [0.15, 0.2) is 41.3 Å². The van der Waals surface area contributed by atoms with Gasteiger partial charge in [0.2, 0.25) is 5.91 Å². The highest BCUT2D eigenvalue weighted by Crippen LogP contribution is 2.36. The summed E-state index contributed by atoms with van der Waals surface area (Å²) < 4.78 is 5.19. The third kappa shape index (κ3) is 5.24. The lowest BCUT2D eigenvalue weighted by molar-refractivity contribution is -0.133. The number of methoxy groups -OCH3 is 1. The largest absolute Gasteiger partial charge is 0.374 e. The molecule has 28 heavy (non-hydrogen) atoms. The molecule has 1 aliphatic rings. The fourth-order valence-electron chi connectivity index (χ4n) is 3.39. The molecule has 3 rings (SSSR count). The van der Waals surface area contributed by atoms with Crippen LogP contribution < -0.4 is 0 Å². The van der Waals surface area contributed by atoms with E-state index in [1.54, 1.807) is 37.1 Å². The smallest absolute Gasteiger partial charge is 0.227 e. The number of thioether (sulfide) groups is 1. The molecule has 0 radical (unpaired) electrons. The van der Waals surface area contributed by atoms with Gasteiger partial charge in [0.15, 0.2) is 0 Å². The summed E-state index contributed by atoms with van der Waals surface area (Å²) >= 11 is 14.2. The Morgan fingerprint density at radius 2 is 1.82 bits per heavy atom. The van der Waals surface area contributed by atoms with Crippen LogP contribution >= 0.6 is 35.0 Å². The Kier molecular flexibility index (Phi) is 9.16. The molecule has 1 unspecified atom stereocenters. The average molecular weight is 440 g/mol. The minimum absolute atomic E-state index is 0.0237. The first-order valence-electron chi connectivity index (χ1n) is 9.48. The van der Waals surface area contributed by atoms with Crippen molar-refractivity contribution in [3.05, 3.63) is 63.1 Å². The molecule has 0 spiro atoms. The second-order valence-corrected chi connectivity index (χ2v) is 8.04. The Morgan fingerprint density at radius 1 is 1.18 bits per heavy atom. The van der Waals surface area contributed by atoms with E-state index in [0.29, 0.717) is 28.1 Å². The fourth-order valence-corrected chi connectivity index (χ4v) is 4.73. The molecule has 2 aromatic carbocycles. The Morgan fingerprint density at radius 3 is 2.46 bits per heavy atom. The summed E-state index contributed by atoms with van der Waals surface area (Å²) in [6, 6.07) is 11.6. The summed E-state index contributed by atoms with van der Waals surface area (Å²) in [4.78, 5) is 16.1. The van der Waals surface area contributed by atoms with Crippen LogP contribution in [-0.2, 0) is 22.4 Å². The van der Waals surface area contributed by atoms with Crippen molar-refractivity contribution < 1.29 is 9.53 Å². The summed E-state index contributed by atoms with van der Waals surface area (Å²) in [5.41, 5.74) is 3.22. The van der Waals surface area contributed by atoms with Crippen molar-refractivity contribution in [1.82, 2.24) is 4.90 Å². The minimum Gasteiger partial charge on any atom is -0.374 e. The van der Waals surface area contributed by atoms with Crippen LogP contribution in [0.3, 0.4) is 0 Å². The molecule has 1 heterocycles. The zero-order chi connectivity index (χ0) is 20.7. The number of carbonyl (C=O) groups excluding carboxylic acids is 1. The maximum absolute atomic E-state index is 12.9. The number of hydrogen-bond donors (Lipinski definition) is 0. The molecular formula is C22H27Cl2NO2S. The Hall–Kier alpha value is -1.20. The topological polar surface area (TPSA) is 29.5 Å². The van der Waals surface area contributed by atoms with Crippen molar-refractivity contribution in [2.45, 2.75) is 44.6 Å². The molecule has 1 aliphatic heterocycles. The molecule has 152 valence electrons. The maximum Gasteiger partial charge on any atom is 0.227 e. The number of benzene rings is 2. The van der Waals surface area contributed by atoms with Gasteiger partial charge in [-0.3, -0.25) is 4.79 Å². The summed E-state index contributed by atoms with van der Waals surface area (Å²) in [7, 11) is 1.70. The third-order valence-electron chi connectivity index (χ3n) is 4.73. The number of rotatable bonds is 5. The van der Waals surface area contributed by atoms with E-state index in [0.717, 1.165) is 6.42 Å². The predicted octanol–water partition coefficient (Wildman–Crippen LogP) is 6.40. The predicted molar refractivity (Wildman–Crippen MR) is 120 cm³/mol. The normalized spacial score (nSPS) is 15.5. The highest BCUT2D eigenvalue weighted by Gasteiger charge is 2.29. The lowest BCUT2D eigenvalue weighted by atomic mass is 9.93. The number of halogens is 2. The van der Waals surface area contributed by atoms with Crippen molar-refractivity contribution in [1.29, 1.82) is 0 Å². The van der Waals surface area contributed by atoms with Gasteiger partial charge in [-0.05, 0) is 48.2 Å². The lowest BCUT2D eigenvalue weighted by Crippen LogP contribution is -2.40. The van der Waals surface area contributed by atoms with E-state index >= 15 is 0 Å². The quantitative estimate of drug-likeness (QED) is 0.398. The summed E-state index contributed by atoms with van der Waals surface area (Å²) in [5.74, 6) is 0.673. The van der Waals surface area contributed by atoms with Crippen molar-refractivity contribution in [2.24, 2.45) is 0 Å². The molecule has 0 saturated heterocycles. The van der Waals surface area contributed by atoms with Gasteiger partial charge >= 0.3 is 0 Å². The van der Waals surface area contributed by atoms with Crippen molar-refractivity contribution in [3.63, 3.8) is 0 Å². The molecule has 0 aromatic heterocycles. The first-order valence-corrected chi connectivity index (χ1v) is 11.2. The minimum atomic E-state index is 0.0237. The van der Waals surface area contributed by atoms with Crippen LogP contribution in [0.2, 0.25) is 10.0 Å². The Bertz CT molecular complexity index is 793. The van der Waals surface area contributed by atoms with Crippen molar-refractivity contribution >= 4 is 40.9 Å².